The van der Waals surface area contributed by atoms with Crippen LogP contribution in [0, 0.1) is 6.92 Å². The van der Waals surface area contributed by atoms with Crippen LogP contribution < -0.4 is 0 Å². The molecule has 0 aliphatic carbocycles. The second kappa shape index (κ2) is 7.33. The molecule has 1 aromatic carbocycles. The molecule has 7 nitrogen and oxygen atoms in total. The van der Waals surface area contributed by atoms with Gasteiger partial charge in [-0.15, -0.1) is 10.2 Å². The maximum Gasteiger partial charge on any atom is 0.253 e. The van der Waals surface area contributed by atoms with E-state index in [0.29, 0.717) is 29.9 Å². The number of rotatable bonds is 5. The summed E-state index contributed by atoms with van der Waals surface area (Å²) in [6.45, 7) is 3.30. The second-order valence-electron chi connectivity index (χ2n) is 6.58. The van der Waals surface area contributed by atoms with E-state index >= 15 is 0 Å². The van der Waals surface area contributed by atoms with Crippen LogP contribution in [-0.2, 0) is 4.74 Å². The molecule has 1 fully saturated rings. The zero-order valence-corrected chi connectivity index (χ0v) is 15.1. The number of ether oxygens (including phenoxy) is 1. The van der Waals surface area contributed by atoms with Crippen molar-refractivity contribution < 1.29 is 13.9 Å². The zero-order valence-electron chi connectivity index (χ0n) is 15.1. The molecule has 0 spiro atoms. The number of aryl methyl sites for hydroxylation is 1. The number of nitrogens with zero attached hydrogens (tertiary/aromatic N) is 4. The van der Waals surface area contributed by atoms with E-state index in [1.807, 2.05) is 25.2 Å². The second-order valence-corrected chi connectivity index (χ2v) is 6.58. The summed E-state index contributed by atoms with van der Waals surface area (Å²) in [6, 6.07) is 7.60. The van der Waals surface area contributed by atoms with Crippen molar-refractivity contribution >= 4 is 5.91 Å². The van der Waals surface area contributed by atoms with Crippen molar-refractivity contribution in [2.45, 2.75) is 25.5 Å². The Kier molecular flexibility index (Phi) is 5.15. The molecule has 2 heterocycles. The normalized spacial score (nSPS) is 20.8. The largest absolute Gasteiger partial charge is 0.421 e. The number of hydrogen-bond acceptors (Lipinski definition) is 6. The Labute approximate surface area is 147 Å². The molecule has 0 saturated carbocycles. The van der Waals surface area contributed by atoms with Crippen LogP contribution >= 0.6 is 0 Å². The molecule has 0 bridgehead atoms. The van der Waals surface area contributed by atoms with Gasteiger partial charge in [-0.05, 0) is 31.7 Å². The summed E-state index contributed by atoms with van der Waals surface area (Å²) >= 11 is 0. The third kappa shape index (κ3) is 3.88. The van der Waals surface area contributed by atoms with Crippen LogP contribution in [0.5, 0.6) is 0 Å². The summed E-state index contributed by atoms with van der Waals surface area (Å²) < 4.78 is 10.9. The lowest BCUT2D eigenvalue weighted by molar-refractivity contribution is 0.0760. The standard InChI is InChI=1S/C18H24N4O3/c1-12-19-20-17(25-12)13-6-5-7-14(8-13)18(23)22(3)10-15-9-16(24-4)11-21(15)2/h5-8,15-16H,9-11H2,1-4H3/t15-,16-/m0/s1. The SMILES string of the molecule is CO[C@H]1C[C@@H](CN(C)C(=O)c2cccc(-c3nnc(C)o3)c2)N(C)C1. The molecule has 1 aromatic heterocycles. The topological polar surface area (TPSA) is 71.7 Å². The fraction of sp³-hybridized carbons (Fsp3) is 0.500. The summed E-state index contributed by atoms with van der Waals surface area (Å²) in [5.74, 6) is 0.904. The van der Waals surface area contributed by atoms with Crippen molar-refractivity contribution in [1.82, 2.24) is 20.0 Å². The molecule has 7 heteroatoms. The summed E-state index contributed by atoms with van der Waals surface area (Å²) in [7, 11) is 5.64. The highest BCUT2D eigenvalue weighted by atomic mass is 16.5. The maximum atomic E-state index is 12.8. The predicted octanol–water partition coefficient (Wildman–Crippen LogP) is 1.84. The summed E-state index contributed by atoms with van der Waals surface area (Å²) in [4.78, 5) is 16.8. The van der Waals surface area contributed by atoms with E-state index in [9.17, 15) is 4.79 Å². The first-order chi connectivity index (χ1) is 12.0. The van der Waals surface area contributed by atoms with E-state index in [0.717, 1.165) is 18.5 Å². The molecule has 1 aliphatic heterocycles. The van der Waals surface area contributed by atoms with Crippen molar-refractivity contribution in [3.8, 4) is 11.5 Å². The Morgan fingerprint density at radius 3 is 2.88 bits per heavy atom. The maximum absolute atomic E-state index is 12.8. The first-order valence-electron chi connectivity index (χ1n) is 8.37. The van der Waals surface area contributed by atoms with Crippen LogP contribution in [0.2, 0.25) is 0 Å². The molecule has 0 unspecified atom stereocenters. The summed E-state index contributed by atoms with van der Waals surface area (Å²) in [6.07, 6.45) is 1.17. The van der Waals surface area contributed by atoms with Gasteiger partial charge in [0, 0.05) is 51.3 Å². The number of likely N-dealkylation sites (N-methyl/N-ethyl adjacent to an activating group) is 2. The highest BCUT2D eigenvalue weighted by Gasteiger charge is 2.31. The van der Waals surface area contributed by atoms with E-state index in [1.165, 1.54) is 0 Å². The quantitative estimate of drug-likeness (QED) is 0.824. The van der Waals surface area contributed by atoms with Gasteiger partial charge in [-0.3, -0.25) is 9.69 Å². The van der Waals surface area contributed by atoms with Crippen molar-refractivity contribution in [3.63, 3.8) is 0 Å². The van der Waals surface area contributed by atoms with Gasteiger partial charge < -0.3 is 14.1 Å². The monoisotopic (exact) mass is 344 g/mol. The minimum absolute atomic E-state index is 0.0210. The Balaban J connectivity index is 1.70. The minimum atomic E-state index is -0.0210. The molecule has 134 valence electrons. The third-order valence-corrected chi connectivity index (χ3v) is 4.70. The average Bonchev–Trinajstić information content (AvgIpc) is 3.20. The van der Waals surface area contributed by atoms with Crippen LogP contribution in [0.25, 0.3) is 11.5 Å². The highest BCUT2D eigenvalue weighted by Crippen LogP contribution is 2.21. The molecule has 1 saturated heterocycles. The third-order valence-electron chi connectivity index (χ3n) is 4.70. The van der Waals surface area contributed by atoms with Gasteiger partial charge in [0.1, 0.15) is 0 Å². The van der Waals surface area contributed by atoms with Gasteiger partial charge in [0.25, 0.3) is 5.91 Å². The van der Waals surface area contributed by atoms with Gasteiger partial charge in [-0.1, -0.05) is 6.07 Å². The molecule has 3 rings (SSSR count). The molecule has 0 radical (unpaired) electrons. The Bertz CT molecular complexity index is 745. The van der Waals surface area contributed by atoms with Gasteiger partial charge >= 0.3 is 0 Å². The van der Waals surface area contributed by atoms with E-state index in [-0.39, 0.29) is 12.0 Å². The molecule has 1 aliphatic rings. The van der Waals surface area contributed by atoms with Crippen LogP contribution in [-0.4, -0.2) is 72.3 Å². The Morgan fingerprint density at radius 1 is 1.44 bits per heavy atom. The molecule has 2 aromatic rings. The van der Waals surface area contributed by atoms with Crippen molar-refractivity contribution in [2.75, 3.05) is 34.3 Å². The number of carbonyl (C=O) groups is 1. The lowest BCUT2D eigenvalue weighted by Gasteiger charge is -2.25. The zero-order chi connectivity index (χ0) is 18.0. The summed E-state index contributed by atoms with van der Waals surface area (Å²) in [5, 5.41) is 7.85. The van der Waals surface area contributed by atoms with Gasteiger partial charge in [-0.2, -0.15) is 0 Å². The van der Waals surface area contributed by atoms with Crippen LogP contribution in [0.4, 0.5) is 0 Å². The number of benzene rings is 1. The molecular formula is C18H24N4O3. The van der Waals surface area contributed by atoms with Crippen molar-refractivity contribution in [2.24, 2.45) is 0 Å². The van der Waals surface area contributed by atoms with Crippen molar-refractivity contribution in [3.05, 3.63) is 35.7 Å². The fourth-order valence-electron chi connectivity index (χ4n) is 3.23. The van der Waals surface area contributed by atoms with Crippen LogP contribution in [0.3, 0.4) is 0 Å². The lowest BCUT2D eigenvalue weighted by Crippen LogP contribution is -2.39. The van der Waals surface area contributed by atoms with Crippen LogP contribution in [0.1, 0.15) is 22.7 Å². The Morgan fingerprint density at radius 2 is 2.24 bits per heavy atom. The number of likely N-dealkylation sites (tertiary alicyclic amines) is 1. The molecule has 2 atom stereocenters. The van der Waals surface area contributed by atoms with Gasteiger partial charge in [-0.25, -0.2) is 0 Å². The van der Waals surface area contributed by atoms with Crippen LogP contribution in [0.15, 0.2) is 28.7 Å². The smallest absolute Gasteiger partial charge is 0.253 e. The minimum Gasteiger partial charge on any atom is -0.421 e. The van der Waals surface area contributed by atoms with E-state index < -0.39 is 0 Å². The van der Waals surface area contributed by atoms with E-state index in [2.05, 4.69) is 22.1 Å². The average molecular weight is 344 g/mol. The number of hydrogen-bond donors (Lipinski definition) is 0. The van der Waals surface area contributed by atoms with E-state index in [4.69, 9.17) is 9.15 Å². The molecule has 0 N–H and O–H groups in total. The number of methoxy groups -OCH3 is 1. The Hall–Kier alpha value is -2.25. The van der Waals surface area contributed by atoms with Gasteiger partial charge in [0.15, 0.2) is 0 Å². The van der Waals surface area contributed by atoms with E-state index in [1.54, 1.807) is 25.0 Å². The molecule has 25 heavy (non-hydrogen) atoms. The fourth-order valence-corrected chi connectivity index (χ4v) is 3.23. The first-order valence-corrected chi connectivity index (χ1v) is 8.37. The van der Waals surface area contributed by atoms with Gasteiger partial charge in [0.2, 0.25) is 11.8 Å². The molecular weight excluding hydrogens is 320 g/mol. The summed E-state index contributed by atoms with van der Waals surface area (Å²) in [5.41, 5.74) is 1.36. The number of carbonyl (C=O) groups excluding carboxylic acids is 1. The number of aromatic nitrogens is 2. The lowest BCUT2D eigenvalue weighted by atomic mass is 10.1. The van der Waals surface area contributed by atoms with Crippen molar-refractivity contribution in [1.29, 1.82) is 0 Å². The first kappa shape index (κ1) is 17.6. The number of amides is 1. The molecule has 1 amide bonds. The predicted molar refractivity (Wildman–Crippen MR) is 93.3 cm³/mol. The van der Waals surface area contributed by atoms with Gasteiger partial charge in [0.05, 0.1) is 6.10 Å². The highest BCUT2D eigenvalue weighted by molar-refractivity contribution is 5.95.